The molecule has 1 aliphatic carbocycles. The van der Waals surface area contributed by atoms with Gasteiger partial charge in [0.1, 0.15) is 0 Å². The number of rotatable bonds is 4. The van der Waals surface area contributed by atoms with Crippen molar-refractivity contribution in [2.24, 2.45) is 5.92 Å². The summed E-state index contributed by atoms with van der Waals surface area (Å²) in [7, 11) is 0. The summed E-state index contributed by atoms with van der Waals surface area (Å²) < 4.78 is 0. The van der Waals surface area contributed by atoms with Crippen LogP contribution in [-0.2, 0) is 11.2 Å². The summed E-state index contributed by atoms with van der Waals surface area (Å²) in [5.74, 6) is -0.140. The highest BCUT2D eigenvalue weighted by atomic mass is 16.2. The van der Waals surface area contributed by atoms with E-state index in [4.69, 9.17) is 0 Å². The molecule has 0 saturated carbocycles. The molecule has 0 saturated heterocycles. The fourth-order valence-corrected chi connectivity index (χ4v) is 2.24. The van der Waals surface area contributed by atoms with Crippen LogP contribution in [-0.4, -0.2) is 11.8 Å². The van der Waals surface area contributed by atoms with E-state index in [0.717, 1.165) is 19.3 Å². The fourth-order valence-electron chi connectivity index (χ4n) is 2.24. The van der Waals surface area contributed by atoms with Crippen molar-refractivity contribution in [3.8, 4) is 0 Å². The van der Waals surface area contributed by atoms with Crippen molar-refractivity contribution < 1.29 is 9.59 Å². The fraction of sp³-hybridized carbons (Fsp3) is 0.375. The minimum absolute atomic E-state index is 0.153. The molecule has 4 nitrogen and oxygen atoms in total. The topological polar surface area (TPSA) is 58.2 Å². The SMILES string of the molecule is CCc1ccc(C(=O)NNC(=O)C[C@H]2C=CCC2)cc1. The lowest BCUT2D eigenvalue weighted by Gasteiger charge is -2.10. The van der Waals surface area contributed by atoms with Crippen molar-refractivity contribution >= 4 is 11.8 Å². The molecule has 0 heterocycles. The van der Waals surface area contributed by atoms with E-state index in [0.29, 0.717) is 17.9 Å². The minimum Gasteiger partial charge on any atom is -0.273 e. The molecular formula is C16H20N2O2. The van der Waals surface area contributed by atoms with E-state index in [2.05, 4.69) is 29.9 Å². The van der Waals surface area contributed by atoms with E-state index in [9.17, 15) is 9.59 Å². The van der Waals surface area contributed by atoms with E-state index in [1.807, 2.05) is 12.1 Å². The van der Waals surface area contributed by atoms with Crippen LogP contribution >= 0.6 is 0 Å². The predicted molar refractivity (Wildman–Crippen MR) is 77.9 cm³/mol. The summed E-state index contributed by atoms with van der Waals surface area (Å²) >= 11 is 0. The Bertz CT molecular complexity index is 506. The van der Waals surface area contributed by atoms with Crippen molar-refractivity contribution in [2.45, 2.75) is 32.6 Å². The first-order valence-electron chi connectivity index (χ1n) is 7.04. The molecule has 1 aromatic rings. The normalized spacial score (nSPS) is 16.9. The monoisotopic (exact) mass is 272 g/mol. The van der Waals surface area contributed by atoms with Gasteiger partial charge in [0.05, 0.1) is 0 Å². The van der Waals surface area contributed by atoms with Crippen LogP contribution in [0.5, 0.6) is 0 Å². The van der Waals surface area contributed by atoms with Gasteiger partial charge >= 0.3 is 0 Å². The zero-order valence-electron chi connectivity index (χ0n) is 11.7. The molecule has 2 rings (SSSR count). The van der Waals surface area contributed by atoms with Crippen LogP contribution in [0.25, 0.3) is 0 Å². The van der Waals surface area contributed by atoms with Gasteiger partial charge in [0.15, 0.2) is 0 Å². The predicted octanol–water partition coefficient (Wildman–Crippen LogP) is 2.37. The molecule has 0 fully saturated rings. The number of hydrogen-bond acceptors (Lipinski definition) is 2. The third-order valence-electron chi connectivity index (χ3n) is 3.50. The van der Waals surface area contributed by atoms with Gasteiger partial charge in [-0.3, -0.25) is 20.4 Å². The molecule has 106 valence electrons. The Morgan fingerprint density at radius 1 is 1.20 bits per heavy atom. The van der Waals surface area contributed by atoms with Gasteiger partial charge in [0.2, 0.25) is 5.91 Å². The molecule has 1 aliphatic rings. The van der Waals surface area contributed by atoms with Gasteiger partial charge in [-0.2, -0.15) is 0 Å². The average molecular weight is 272 g/mol. The van der Waals surface area contributed by atoms with Crippen molar-refractivity contribution in [1.29, 1.82) is 0 Å². The largest absolute Gasteiger partial charge is 0.273 e. The van der Waals surface area contributed by atoms with E-state index in [1.165, 1.54) is 5.56 Å². The minimum atomic E-state index is -0.289. The standard InChI is InChI=1S/C16H20N2O2/c1-2-12-7-9-14(10-8-12)16(20)18-17-15(19)11-13-5-3-4-6-13/h3,5,7-10,13H,2,4,6,11H2,1H3,(H,17,19)(H,18,20)/t13-/m0/s1. The van der Waals surface area contributed by atoms with E-state index in [1.54, 1.807) is 12.1 Å². The van der Waals surface area contributed by atoms with Crippen molar-refractivity contribution in [2.75, 3.05) is 0 Å². The summed E-state index contributed by atoms with van der Waals surface area (Å²) in [5, 5.41) is 0. The number of nitrogens with one attached hydrogen (secondary N) is 2. The molecule has 0 bridgehead atoms. The van der Waals surface area contributed by atoms with Crippen LogP contribution < -0.4 is 10.9 Å². The Kier molecular flexibility index (Phi) is 4.93. The number of hydrogen-bond donors (Lipinski definition) is 2. The lowest BCUT2D eigenvalue weighted by molar-refractivity contribution is -0.122. The second kappa shape index (κ2) is 6.89. The smallest absolute Gasteiger partial charge is 0.269 e. The molecule has 0 aliphatic heterocycles. The van der Waals surface area contributed by atoms with Crippen LogP contribution in [0.15, 0.2) is 36.4 Å². The van der Waals surface area contributed by atoms with Crippen LogP contribution in [0.3, 0.4) is 0 Å². The highest BCUT2D eigenvalue weighted by Crippen LogP contribution is 2.19. The van der Waals surface area contributed by atoms with Crippen LogP contribution in [0.1, 0.15) is 42.1 Å². The summed E-state index contributed by atoms with van der Waals surface area (Å²) in [4.78, 5) is 23.5. The Labute approximate surface area is 119 Å². The molecule has 0 aromatic heterocycles. The third kappa shape index (κ3) is 3.95. The molecule has 1 atom stereocenters. The van der Waals surface area contributed by atoms with Gasteiger partial charge in [-0.1, -0.05) is 31.2 Å². The van der Waals surface area contributed by atoms with Crippen molar-refractivity contribution in [3.63, 3.8) is 0 Å². The van der Waals surface area contributed by atoms with Gasteiger partial charge in [0.25, 0.3) is 5.91 Å². The zero-order valence-corrected chi connectivity index (χ0v) is 11.7. The van der Waals surface area contributed by atoms with Crippen molar-refractivity contribution in [3.05, 3.63) is 47.5 Å². The van der Waals surface area contributed by atoms with Gasteiger partial charge in [0, 0.05) is 12.0 Å². The Balaban J connectivity index is 1.78. The average Bonchev–Trinajstić information content (AvgIpc) is 2.97. The van der Waals surface area contributed by atoms with Gasteiger partial charge in [-0.05, 0) is 42.9 Å². The third-order valence-corrected chi connectivity index (χ3v) is 3.50. The van der Waals surface area contributed by atoms with Crippen molar-refractivity contribution in [1.82, 2.24) is 10.9 Å². The van der Waals surface area contributed by atoms with Gasteiger partial charge in [-0.25, -0.2) is 0 Å². The summed E-state index contributed by atoms with van der Waals surface area (Å²) in [5.41, 5.74) is 6.64. The lowest BCUT2D eigenvalue weighted by atomic mass is 10.1. The maximum atomic E-state index is 11.8. The molecule has 2 N–H and O–H groups in total. The molecule has 4 heteroatoms. The summed E-state index contributed by atoms with van der Waals surface area (Å²) in [6.45, 7) is 2.06. The number of carbonyl (C=O) groups is 2. The Morgan fingerprint density at radius 2 is 1.95 bits per heavy atom. The number of amides is 2. The molecular weight excluding hydrogens is 252 g/mol. The maximum Gasteiger partial charge on any atom is 0.269 e. The number of benzene rings is 1. The first kappa shape index (κ1) is 14.3. The Morgan fingerprint density at radius 3 is 2.55 bits per heavy atom. The molecule has 0 spiro atoms. The van der Waals surface area contributed by atoms with Crippen LogP contribution in [0, 0.1) is 5.92 Å². The van der Waals surface area contributed by atoms with E-state index < -0.39 is 0 Å². The zero-order chi connectivity index (χ0) is 14.4. The molecule has 1 aromatic carbocycles. The maximum absolute atomic E-state index is 11.8. The van der Waals surface area contributed by atoms with Crippen LogP contribution in [0.4, 0.5) is 0 Å². The Hall–Kier alpha value is -2.10. The quantitative estimate of drug-likeness (QED) is 0.653. The number of hydrazine groups is 1. The molecule has 0 unspecified atom stereocenters. The highest BCUT2D eigenvalue weighted by Gasteiger charge is 2.14. The molecule has 0 radical (unpaired) electrons. The van der Waals surface area contributed by atoms with E-state index in [-0.39, 0.29) is 11.8 Å². The second-order valence-electron chi connectivity index (χ2n) is 5.02. The number of carbonyl (C=O) groups excluding carboxylic acids is 2. The van der Waals surface area contributed by atoms with Gasteiger partial charge < -0.3 is 0 Å². The number of allylic oxidation sites excluding steroid dienone is 2. The summed E-state index contributed by atoms with van der Waals surface area (Å²) in [6, 6.07) is 7.36. The first-order chi connectivity index (χ1) is 9.69. The molecule has 20 heavy (non-hydrogen) atoms. The number of aryl methyl sites for hydroxylation is 1. The van der Waals surface area contributed by atoms with E-state index >= 15 is 0 Å². The molecule has 2 amide bonds. The van der Waals surface area contributed by atoms with Crippen LogP contribution in [0.2, 0.25) is 0 Å². The van der Waals surface area contributed by atoms with Gasteiger partial charge in [-0.15, -0.1) is 0 Å². The lowest BCUT2D eigenvalue weighted by Crippen LogP contribution is -2.42. The second-order valence-corrected chi connectivity index (χ2v) is 5.02. The highest BCUT2D eigenvalue weighted by molar-refractivity contribution is 5.95. The summed E-state index contributed by atoms with van der Waals surface area (Å²) in [6.07, 6.45) is 7.56. The first-order valence-corrected chi connectivity index (χ1v) is 7.04.